The Morgan fingerprint density at radius 3 is 2.33 bits per heavy atom. The number of nitrogen functional groups attached to an aromatic ring is 1. The summed E-state index contributed by atoms with van der Waals surface area (Å²) in [4.78, 5) is 11.8. The summed E-state index contributed by atoms with van der Waals surface area (Å²) in [6.07, 6.45) is 0. The summed E-state index contributed by atoms with van der Waals surface area (Å²) in [5, 5.41) is 2.83. The van der Waals surface area contributed by atoms with E-state index in [4.69, 9.17) is 5.73 Å². The molecule has 0 bridgehead atoms. The number of benzene rings is 1. The highest BCUT2D eigenvalue weighted by Crippen LogP contribution is 2.24. The molecule has 0 aliphatic carbocycles. The SMILES string of the molecule is CCNC(=O)C(C)(C)c1ccc(N)cc1. The number of hydrogen-bond acceptors (Lipinski definition) is 2. The van der Waals surface area contributed by atoms with Crippen molar-refractivity contribution in [1.29, 1.82) is 0 Å². The average molecular weight is 206 g/mol. The van der Waals surface area contributed by atoms with E-state index in [0.29, 0.717) is 12.2 Å². The summed E-state index contributed by atoms with van der Waals surface area (Å²) in [6, 6.07) is 7.42. The molecule has 0 radical (unpaired) electrons. The minimum atomic E-state index is -0.510. The van der Waals surface area contributed by atoms with Crippen LogP contribution in [-0.4, -0.2) is 12.5 Å². The second kappa shape index (κ2) is 4.34. The highest BCUT2D eigenvalue weighted by Gasteiger charge is 2.28. The predicted molar refractivity (Wildman–Crippen MR) is 62.6 cm³/mol. The first kappa shape index (κ1) is 11.6. The van der Waals surface area contributed by atoms with Crippen molar-refractivity contribution < 1.29 is 4.79 Å². The molecule has 0 aromatic heterocycles. The third kappa shape index (κ3) is 2.49. The summed E-state index contributed by atoms with van der Waals surface area (Å²) in [7, 11) is 0. The average Bonchev–Trinajstić information content (AvgIpc) is 2.18. The Bertz CT molecular complexity index is 341. The largest absolute Gasteiger partial charge is 0.399 e. The van der Waals surface area contributed by atoms with Gasteiger partial charge in [0, 0.05) is 12.2 Å². The van der Waals surface area contributed by atoms with Gasteiger partial charge in [-0.25, -0.2) is 0 Å². The molecule has 3 nitrogen and oxygen atoms in total. The maximum atomic E-state index is 11.8. The molecule has 1 aromatic rings. The third-order valence-electron chi connectivity index (χ3n) is 2.54. The maximum absolute atomic E-state index is 11.8. The Balaban J connectivity index is 2.94. The number of carbonyl (C=O) groups excluding carboxylic acids is 1. The van der Waals surface area contributed by atoms with Crippen molar-refractivity contribution >= 4 is 11.6 Å². The van der Waals surface area contributed by atoms with Gasteiger partial charge in [-0.2, -0.15) is 0 Å². The van der Waals surface area contributed by atoms with Gasteiger partial charge in [0.2, 0.25) is 5.91 Å². The van der Waals surface area contributed by atoms with Crippen molar-refractivity contribution in [2.24, 2.45) is 0 Å². The molecule has 0 fully saturated rings. The number of carbonyl (C=O) groups is 1. The molecule has 82 valence electrons. The normalized spacial score (nSPS) is 11.1. The van der Waals surface area contributed by atoms with Gasteiger partial charge >= 0.3 is 0 Å². The van der Waals surface area contributed by atoms with Crippen LogP contribution >= 0.6 is 0 Å². The van der Waals surface area contributed by atoms with Crippen molar-refractivity contribution in [3.63, 3.8) is 0 Å². The molecule has 0 unspecified atom stereocenters. The highest BCUT2D eigenvalue weighted by molar-refractivity contribution is 5.87. The lowest BCUT2D eigenvalue weighted by Gasteiger charge is -2.23. The van der Waals surface area contributed by atoms with Crippen molar-refractivity contribution in [2.75, 3.05) is 12.3 Å². The minimum absolute atomic E-state index is 0.0368. The molecule has 3 heteroatoms. The van der Waals surface area contributed by atoms with E-state index in [2.05, 4.69) is 5.32 Å². The monoisotopic (exact) mass is 206 g/mol. The number of hydrogen-bond donors (Lipinski definition) is 2. The molecule has 1 rings (SSSR count). The van der Waals surface area contributed by atoms with E-state index in [1.165, 1.54) is 0 Å². The quantitative estimate of drug-likeness (QED) is 0.739. The molecule has 1 amide bonds. The van der Waals surface area contributed by atoms with Gasteiger partial charge < -0.3 is 11.1 Å². The first-order valence-corrected chi connectivity index (χ1v) is 5.12. The predicted octanol–water partition coefficient (Wildman–Crippen LogP) is 1.68. The van der Waals surface area contributed by atoms with E-state index in [-0.39, 0.29) is 5.91 Å². The van der Waals surface area contributed by atoms with Crippen LogP contribution < -0.4 is 11.1 Å². The first-order valence-electron chi connectivity index (χ1n) is 5.12. The van der Waals surface area contributed by atoms with Crippen LogP contribution in [0.1, 0.15) is 26.3 Å². The van der Waals surface area contributed by atoms with Crippen molar-refractivity contribution in [3.8, 4) is 0 Å². The molecule has 0 heterocycles. The van der Waals surface area contributed by atoms with E-state index in [0.717, 1.165) is 5.56 Å². The van der Waals surface area contributed by atoms with Crippen LogP contribution in [0.5, 0.6) is 0 Å². The van der Waals surface area contributed by atoms with Crippen LogP contribution in [0.25, 0.3) is 0 Å². The van der Waals surface area contributed by atoms with Gasteiger partial charge in [0.25, 0.3) is 0 Å². The lowest BCUT2D eigenvalue weighted by atomic mass is 9.83. The van der Waals surface area contributed by atoms with Gasteiger partial charge in [-0.15, -0.1) is 0 Å². The third-order valence-corrected chi connectivity index (χ3v) is 2.54. The molecular weight excluding hydrogens is 188 g/mol. The Morgan fingerprint density at radius 1 is 1.33 bits per heavy atom. The topological polar surface area (TPSA) is 55.1 Å². The number of nitrogens with two attached hydrogens (primary N) is 1. The van der Waals surface area contributed by atoms with Crippen molar-refractivity contribution in [2.45, 2.75) is 26.2 Å². The van der Waals surface area contributed by atoms with Crippen molar-refractivity contribution in [3.05, 3.63) is 29.8 Å². The zero-order chi connectivity index (χ0) is 11.5. The second-order valence-electron chi connectivity index (χ2n) is 4.11. The van der Waals surface area contributed by atoms with E-state index >= 15 is 0 Å². The smallest absolute Gasteiger partial charge is 0.230 e. The van der Waals surface area contributed by atoms with Crippen LogP contribution in [-0.2, 0) is 10.2 Å². The number of nitrogens with one attached hydrogen (secondary N) is 1. The van der Waals surface area contributed by atoms with Crippen LogP contribution in [0.2, 0.25) is 0 Å². The lowest BCUT2D eigenvalue weighted by molar-refractivity contribution is -0.125. The molecule has 0 saturated heterocycles. The molecule has 0 aliphatic heterocycles. The van der Waals surface area contributed by atoms with Gasteiger partial charge in [-0.3, -0.25) is 4.79 Å². The standard InChI is InChI=1S/C12H18N2O/c1-4-14-11(15)12(2,3)9-5-7-10(13)8-6-9/h5-8H,4,13H2,1-3H3,(H,14,15). The molecule has 0 atom stereocenters. The Labute approximate surface area is 90.7 Å². The van der Waals surface area contributed by atoms with E-state index in [1.807, 2.05) is 45.0 Å². The summed E-state index contributed by atoms with van der Waals surface area (Å²) >= 11 is 0. The molecule has 15 heavy (non-hydrogen) atoms. The second-order valence-corrected chi connectivity index (χ2v) is 4.11. The van der Waals surface area contributed by atoms with E-state index < -0.39 is 5.41 Å². The highest BCUT2D eigenvalue weighted by atomic mass is 16.2. The Morgan fingerprint density at radius 2 is 1.87 bits per heavy atom. The zero-order valence-electron chi connectivity index (χ0n) is 9.50. The van der Waals surface area contributed by atoms with Gasteiger partial charge in [0.1, 0.15) is 0 Å². The fourth-order valence-electron chi connectivity index (χ4n) is 1.41. The van der Waals surface area contributed by atoms with E-state index in [1.54, 1.807) is 0 Å². The minimum Gasteiger partial charge on any atom is -0.399 e. The number of amides is 1. The summed E-state index contributed by atoms with van der Waals surface area (Å²) in [5.74, 6) is 0.0368. The van der Waals surface area contributed by atoms with Crippen molar-refractivity contribution in [1.82, 2.24) is 5.32 Å². The Hall–Kier alpha value is -1.51. The molecule has 0 spiro atoms. The van der Waals surface area contributed by atoms with Crippen LogP contribution in [0.3, 0.4) is 0 Å². The summed E-state index contributed by atoms with van der Waals surface area (Å²) in [6.45, 7) is 6.38. The molecular formula is C12H18N2O. The van der Waals surface area contributed by atoms with Gasteiger partial charge in [0.05, 0.1) is 5.41 Å². The summed E-state index contributed by atoms with van der Waals surface area (Å²) < 4.78 is 0. The molecule has 0 aliphatic rings. The molecule has 0 saturated carbocycles. The fraction of sp³-hybridized carbons (Fsp3) is 0.417. The zero-order valence-corrected chi connectivity index (χ0v) is 9.50. The first-order chi connectivity index (χ1) is 6.98. The lowest BCUT2D eigenvalue weighted by Crippen LogP contribution is -2.39. The number of likely N-dealkylation sites (N-methyl/N-ethyl adjacent to an activating group) is 1. The molecule has 1 aromatic carbocycles. The van der Waals surface area contributed by atoms with Gasteiger partial charge in [0.15, 0.2) is 0 Å². The van der Waals surface area contributed by atoms with Gasteiger partial charge in [-0.1, -0.05) is 12.1 Å². The van der Waals surface area contributed by atoms with Crippen LogP contribution in [0.4, 0.5) is 5.69 Å². The summed E-state index contributed by atoms with van der Waals surface area (Å²) in [5.41, 5.74) is 6.78. The van der Waals surface area contributed by atoms with E-state index in [9.17, 15) is 4.79 Å². The number of rotatable bonds is 3. The van der Waals surface area contributed by atoms with Crippen LogP contribution in [0.15, 0.2) is 24.3 Å². The Kier molecular flexibility index (Phi) is 3.35. The maximum Gasteiger partial charge on any atom is 0.230 e. The number of anilines is 1. The van der Waals surface area contributed by atoms with Crippen LogP contribution in [0, 0.1) is 0 Å². The molecule has 3 N–H and O–H groups in total. The fourth-order valence-corrected chi connectivity index (χ4v) is 1.41. The van der Waals surface area contributed by atoms with Gasteiger partial charge in [-0.05, 0) is 38.5 Å².